The average molecular weight is 328 g/mol. The Balaban J connectivity index is 1.56. The molecule has 1 saturated carbocycles. The number of benzene rings is 1. The number of carbonyl (C=O) groups excluding carboxylic acids is 2. The van der Waals surface area contributed by atoms with Crippen LogP contribution < -0.4 is 0 Å². The molecule has 1 aromatic rings. The minimum Gasteiger partial charge on any atom is -0.342 e. The van der Waals surface area contributed by atoms with Crippen molar-refractivity contribution in [2.75, 3.05) is 19.6 Å². The van der Waals surface area contributed by atoms with Gasteiger partial charge in [-0.3, -0.25) is 9.59 Å². The molecule has 0 N–H and O–H groups in total. The summed E-state index contributed by atoms with van der Waals surface area (Å²) in [5, 5.41) is 0. The molecule has 1 aliphatic carbocycles. The van der Waals surface area contributed by atoms with Gasteiger partial charge in [-0.2, -0.15) is 0 Å². The van der Waals surface area contributed by atoms with E-state index in [9.17, 15) is 9.59 Å². The lowest BCUT2D eigenvalue weighted by Gasteiger charge is -2.34. The van der Waals surface area contributed by atoms with Crippen LogP contribution in [0.2, 0.25) is 0 Å². The van der Waals surface area contributed by atoms with Crippen LogP contribution in [-0.2, 0) is 16.1 Å². The van der Waals surface area contributed by atoms with E-state index in [-0.39, 0.29) is 17.7 Å². The molecule has 2 fully saturated rings. The second-order valence-corrected chi connectivity index (χ2v) is 7.12. The topological polar surface area (TPSA) is 40.6 Å². The van der Waals surface area contributed by atoms with Crippen LogP contribution in [-0.4, -0.2) is 41.2 Å². The van der Waals surface area contributed by atoms with Crippen molar-refractivity contribution in [3.05, 3.63) is 35.9 Å². The Morgan fingerprint density at radius 3 is 2.29 bits per heavy atom. The fourth-order valence-electron chi connectivity index (χ4n) is 3.53. The van der Waals surface area contributed by atoms with E-state index in [1.54, 1.807) is 0 Å². The first-order valence-electron chi connectivity index (χ1n) is 9.30. The van der Waals surface area contributed by atoms with E-state index < -0.39 is 0 Å². The van der Waals surface area contributed by atoms with Crippen molar-refractivity contribution in [1.29, 1.82) is 0 Å². The van der Waals surface area contributed by atoms with Crippen LogP contribution in [0.15, 0.2) is 30.3 Å². The zero-order valence-corrected chi connectivity index (χ0v) is 14.6. The highest BCUT2D eigenvalue weighted by molar-refractivity contribution is 5.82. The number of hydrogen-bond donors (Lipinski definition) is 0. The van der Waals surface area contributed by atoms with Crippen LogP contribution in [0.5, 0.6) is 0 Å². The Hall–Kier alpha value is -1.84. The first kappa shape index (κ1) is 17.0. The van der Waals surface area contributed by atoms with Gasteiger partial charge in [0.25, 0.3) is 0 Å². The van der Waals surface area contributed by atoms with Crippen LogP contribution in [0.25, 0.3) is 0 Å². The fraction of sp³-hybridized carbons (Fsp3) is 0.600. The highest BCUT2D eigenvalue weighted by Crippen LogP contribution is 2.32. The van der Waals surface area contributed by atoms with Crippen molar-refractivity contribution in [3.8, 4) is 0 Å². The zero-order chi connectivity index (χ0) is 16.9. The summed E-state index contributed by atoms with van der Waals surface area (Å²) in [6, 6.07) is 10.2. The Morgan fingerprint density at radius 2 is 1.71 bits per heavy atom. The third-order valence-corrected chi connectivity index (χ3v) is 5.10. The summed E-state index contributed by atoms with van der Waals surface area (Å²) in [4.78, 5) is 29.1. The molecule has 1 saturated heterocycles. The van der Waals surface area contributed by atoms with E-state index in [4.69, 9.17) is 0 Å². The summed E-state index contributed by atoms with van der Waals surface area (Å²) in [6.45, 7) is 5.10. The van der Waals surface area contributed by atoms with Gasteiger partial charge in [-0.15, -0.1) is 0 Å². The lowest BCUT2D eigenvalue weighted by molar-refractivity contribution is -0.141. The van der Waals surface area contributed by atoms with Gasteiger partial charge < -0.3 is 9.80 Å². The van der Waals surface area contributed by atoms with Crippen molar-refractivity contribution >= 4 is 11.8 Å². The van der Waals surface area contributed by atoms with Gasteiger partial charge in [0.15, 0.2) is 0 Å². The van der Waals surface area contributed by atoms with Crippen LogP contribution >= 0.6 is 0 Å². The molecular formula is C20H28N2O2. The molecule has 2 aliphatic rings. The lowest BCUT2D eigenvalue weighted by atomic mass is 9.94. The zero-order valence-electron chi connectivity index (χ0n) is 14.6. The fourth-order valence-corrected chi connectivity index (χ4v) is 3.53. The Morgan fingerprint density at radius 1 is 1.04 bits per heavy atom. The first-order chi connectivity index (χ1) is 11.7. The van der Waals surface area contributed by atoms with E-state index >= 15 is 0 Å². The third kappa shape index (κ3) is 4.16. The normalized spacial score (nSPS) is 18.5. The van der Waals surface area contributed by atoms with Gasteiger partial charge in [0.1, 0.15) is 0 Å². The minimum absolute atomic E-state index is 0.0727. The predicted octanol–water partition coefficient (Wildman–Crippen LogP) is 3.07. The number of rotatable bonds is 6. The summed E-state index contributed by atoms with van der Waals surface area (Å²) in [6.07, 6.45) is 4.70. The highest BCUT2D eigenvalue weighted by Gasteiger charge is 2.36. The van der Waals surface area contributed by atoms with Gasteiger partial charge >= 0.3 is 0 Å². The maximum Gasteiger partial charge on any atom is 0.226 e. The number of piperidine rings is 1. The van der Waals surface area contributed by atoms with Gasteiger partial charge in [-0.25, -0.2) is 0 Å². The predicted molar refractivity (Wildman–Crippen MR) is 94.2 cm³/mol. The molecule has 1 aromatic carbocycles. The van der Waals surface area contributed by atoms with Crippen LogP contribution in [0.4, 0.5) is 0 Å². The molecule has 0 aromatic heterocycles. The maximum atomic E-state index is 12.9. The summed E-state index contributed by atoms with van der Waals surface area (Å²) in [5.74, 6) is 0.935. The van der Waals surface area contributed by atoms with Crippen molar-refractivity contribution in [2.24, 2.45) is 11.8 Å². The number of hydrogen-bond acceptors (Lipinski definition) is 2. The molecule has 0 spiro atoms. The molecule has 0 atom stereocenters. The van der Waals surface area contributed by atoms with Gasteiger partial charge in [0, 0.05) is 38.0 Å². The molecular weight excluding hydrogens is 300 g/mol. The van der Waals surface area contributed by atoms with E-state index in [0.29, 0.717) is 12.5 Å². The summed E-state index contributed by atoms with van der Waals surface area (Å²) >= 11 is 0. The SMILES string of the molecule is CCCN(Cc1ccccc1)C(=O)C1CCN(C(=O)C2CC2)CC1. The van der Waals surface area contributed by atoms with Crippen LogP contribution in [0, 0.1) is 11.8 Å². The number of carbonyl (C=O) groups is 2. The minimum atomic E-state index is 0.0727. The monoisotopic (exact) mass is 328 g/mol. The molecule has 24 heavy (non-hydrogen) atoms. The van der Waals surface area contributed by atoms with Gasteiger partial charge in [0.2, 0.25) is 11.8 Å². The molecule has 0 radical (unpaired) electrons. The highest BCUT2D eigenvalue weighted by atomic mass is 16.2. The lowest BCUT2D eigenvalue weighted by Crippen LogP contribution is -2.44. The number of nitrogens with zero attached hydrogens (tertiary/aromatic N) is 2. The smallest absolute Gasteiger partial charge is 0.226 e. The first-order valence-corrected chi connectivity index (χ1v) is 9.30. The van der Waals surface area contributed by atoms with Crippen molar-refractivity contribution in [3.63, 3.8) is 0 Å². The quantitative estimate of drug-likeness (QED) is 0.805. The summed E-state index contributed by atoms with van der Waals surface area (Å²) in [5.41, 5.74) is 1.18. The van der Waals surface area contributed by atoms with Gasteiger partial charge in [0.05, 0.1) is 0 Å². The van der Waals surface area contributed by atoms with E-state index in [2.05, 4.69) is 19.1 Å². The largest absolute Gasteiger partial charge is 0.342 e. The van der Waals surface area contributed by atoms with Gasteiger partial charge in [-0.05, 0) is 37.7 Å². The molecule has 0 bridgehead atoms. The molecule has 2 amide bonds. The Labute approximate surface area is 144 Å². The molecule has 130 valence electrons. The summed E-state index contributed by atoms with van der Waals surface area (Å²) < 4.78 is 0. The molecule has 1 heterocycles. The maximum absolute atomic E-state index is 12.9. The van der Waals surface area contributed by atoms with Crippen molar-refractivity contribution in [2.45, 2.75) is 45.6 Å². The number of likely N-dealkylation sites (tertiary alicyclic amines) is 1. The van der Waals surface area contributed by atoms with Crippen LogP contribution in [0.3, 0.4) is 0 Å². The third-order valence-electron chi connectivity index (χ3n) is 5.10. The Bertz CT molecular complexity index is 560. The Kier molecular flexibility index (Phi) is 5.54. The number of amides is 2. The van der Waals surface area contributed by atoms with Crippen LogP contribution in [0.1, 0.15) is 44.6 Å². The summed E-state index contributed by atoms with van der Waals surface area (Å²) in [7, 11) is 0. The molecule has 3 rings (SSSR count). The molecule has 4 nitrogen and oxygen atoms in total. The van der Waals surface area contributed by atoms with E-state index in [0.717, 1.165) is 51.7 Å². The van der Waals surface area contributed by atoms with E-state index in [1.807, 2.05) is 28.0 Å². The molecule has 4 heteroatoms. The molecule has 1 aliphatic heterocycles. The second-order valence-electron chi connectivity index (χ2n) is 7.12. The average Bonchev–Trinajstić information content (AvgIpc) is 3.46. The second kappa shape index (κ2) is 7.82. The molecule has 0 unspecified atom stereocenters. The van der Waals surface area contributed by atoms with Crippen molar-refractivity contribution < 1.29 is 9.59 Å². The van der Waals surface area contributed by atoms with E-state index in [1.165, 1.54) is 5.56 Å². The standard InChI is InChI=1S/C20H28N2O2/c1-2-12-22(15-16-6-4-3-5-7-16)20(24)18-10-13-21(14-11-18)19(23)17-8-9-17/h3-7,17-18H,2,8-15H2,1H3. The van der Waals surface area contributed by atoms with Crippen molar-refractivity contribution in [1.82, 2.24) is 9.80 Å². The van der Waals surface area contributed by atoms with Gasteiger partial charge in [-0.1, -0.05) is 37.3 Å².